The number of hydrogen-bond acceptors (Lipinski definition) is 3. The lowest BCUT2D eigenvalue weighted by Crippen LogP contribution is -2.53. The highest BCUT2D eigenvalue weighted by atomic mass is 16.4. The number of quaternary nitrogens is 1. The average Bonchev–Trinajstić information content (AvgIpc) is 3.12. The summed E-state index contributed by atoms with van der Waals surface area (Å²) in [7, 11) is 0. The second kappa shape index (κ2) is 17.5. The van der Waals surface area contributed by atoms with E-state index in [0.29, 0.717) is 17.6 Å². The first-order chi connectivity index (χ1) is 14.6. The SMILES string of the molecule is CCCCCCCCCCCCCCCC=CC1=NCC[N+]1(CCO)CCC(=O)O. The third kappa shape index (κ3) is 11.8. The van der Waals surface area contributed by atoms with E-state index in [0.717, 1.165) is 25.3 Å². The molecular formula is C25H47N2O3+. The standard InChI is InChI=1S/C25H46N2O3/c1-2-3-4-5-6-7-8-9-10-11-12-13-14-15-16-17-24-26-19-21-27(24,22-23-28)20-18-25(29)30/h16-17,28H,2-15,18-23H2,1H3/p+1. The lowest BCUT2D eigenvalue weighted by Gasteiger charge is -2.32. The van der Waals surface area contributed by atoms with E-state index < -0.39 is 5.97 Å². The van der Waals surface area contributed by atoms with Crippen LogP contribution in [0, 0.1) is 0 Å². The second-order valence-corrected chi connectivity index (χ2v) is 8.86. The fourth-order valence-electron chi connectivity index (χ4n) is 4.37. The van der Waals surface area contributed by atoms with E-state index in [9.17, 15) is 9.90 Å². The molecule has 1 aliphatic rings. The molecule has 1 atom stereocenters. The predicted molar refractivity (Wildman–Crippen MR) is 126 cm³/mol. The number of allylic oxidation sites excluding steroid dienone is 1. The van der Waals surface area contributed by atoms with E-state index in [1.165, 1.54) is 83.5 Å². The zero-order chi connectivity index (χ0) is 21.9. The molecule has 0 aromatic heterocycles. The van der Waals surface area contributed by atoms with Crippen molar-refractivity contribution in [3.05, 3.63) is 12.2 Å². The molecule has 0 amide bonds. The monoisotopic (exact) mass is 423 g/mol. The van der Waals surface area contributed by atoms with Gasteiger partial charge in [-0.2, -0.15) is 0 Å². The minimum absolute atomic E-state index is 0.0608. The van der Waals surface area contributed by atoms with Crippen LogP contribution in [0.5, 0.6) is 0 Å². The van der Waals surface area contributed by atoms with E-state index in [4.69, 9.17) is 5.11 Å². The van der Waals surface area contributed by atoms with Gasteiger partial charge in [0.1, 0.15) is 13.1 Å². The van der Waals surface area contributed by atoms with Crippen molar-refractivity contribution in [2.24, 2.45) is 4.99 Å². The van der Waals surface area contributed by atoms with Gasteiger partial charge in [0.15, 0.2) is 0 Å². The van der Waals surface area contributed by atoms with E-state index in [-0.39, 0.29) is 13.0 Å². The molecule has 0 spiro atoms. The van der Waals surface area contributed by atoms with Crippen LogP contribution in [0.1, 0.15) is 103 Å². The number of amidine groups is 1. The summed E-state index contributed by atoms with van der Waals surface area (Å²) in [6.45, 7) is 4.91. The van der Waals surface area contributed by atoms with Crippen molar-refractivity contribution in [3.8, 4) is 0 Å². The van der Waals surface area contributed by atoms with Crippen LogP contribution in [-0.4, -0.2) is 59.3 Å². The molecule has 174 valence electrons. The summed E-state index contributed by atoms with van der Waals surface area (Å²) in [6, 6.07) is 0. The highest BCUT2D eigenvalue weighted by Gasteiger charge is 2.36. The first kappa shape index (κ1) is 26.8. The molecule has 0 saturated heterocycles. The Labute approximate surface area is 184 Å². The van der Waals surface area contributed by atoms with Crippen molar-refractivity contribution in [3.63, 3.8) is 0 Å². The predicted octanol–water partition coefficient (Wildman–Crippen LogP) is 5.72. The van der Waals surface area contributed by atoms with Crippen LogP contribution in [0.3, 0.4) is 0 Å². The smallest absolute Gasteiger partial charge is 0.309 e. The van der Waals surface area contributed by atoms with Crippen molar-refractivity contribution in [1.29, 1.82) is 0 Å². The molecule has 0 saturated carbocycles. The van der Waals surface area contributed by atoms with Gasteiger partial charge in [-0.05, 0) is 12.8 Å². The molecule has 2 N–H and O–H groups in total. The first-order valence-corrected chi connectivity index (χ1v) is 12.5. The van der Waals surface area contributed by atoms with Crippen LogP contribution >= 0.6 is 0 Å². The van der Waals surface area contributed by atoms with E-state index in [1.807, 2.05) is 0 Å². The van der Waals surface area contributed by atoms with Gasteiger partial charge in [-0.1, -0.05) is 90.0 Å². The minimum atomic E-state index is -0.785. The molecule has 5 heteroatoms. The molecular weight excluding hydrogens is 376 g/mol. The van der Waals surface area contributed by atoms with Crippen molar-refractivity contribution < 1.29 is 19.5 Å². The Morgan fingerprint density at radius 1 is 0.933 bits per heavy atom. The normalized spacial score (nSPS) is 18.9. The van der Waals surface area contributed by atoms with Crippen LogP contribution in [0.2, 0.25) is 0 Å². The number of carboxylic acids is 1. The summed E-state index contributed by atoms with van der Waals surface area (Å²) in [6.07, 6.45) is 23.2. The maximum Gasteiger partial charge on any atom is 0.309 e. The van der Waals surface area contributed by atoms with Gasteiger partial charge in [-0.3, -0.25) is 9.28 Å². The van der Waals surface area contributed by atoms with Crippen LogP contribution in [0.15, 0.2) is 17.1 Å². The van der Waals surface area contributed by atoms with Crippen LogP contribution in [-0.2, 0) is 4.79 Å². The Morgan fingerprint density at radius 3 is 2.03 bits per heavy atom. The molecule has 1 unspecified atom stereocenters. The zero-order valence-corrected chi connectivity index (χ0v) is 19.5. The fourth-order valence-corrected chi connectivity index (χ4v) is 4.37. The summed E-state index contributed by atoms with van der Waals surface area (Å²) in [4.78, 5) is 15.6. The van der Waals surface area contributed by atoms with E-state index in [2.05, 4.69) is 24.1 Å². The largest absolute Gasteiger partial charge is 0.481 e. The number of hydrogen-bond donors (Lipinski definition) is 2. The number of rotatable bonds is 20. The average molecular weight is 424 g/mol. The number of aliphatic hydroxyl groups excluding tert-OH is 1. The molecule has 1 rings (SSSR count). The van der Waals surface area contributed by atoms with Crippen LogP contribution in [0.4, 0.5) is 0 Å². The Bertz CT molecular complexity index is 505. The number of nitrogens with zero attached hydrogens (tertiary/aromatic N) is 2. The maximum absolute atomic E-state index is 11.0. The maximum atomic E-state index is 11.0. The number of unbranched alkanes of at least 4 members (excludes halogenated alkanes) is 13. The highest BCUT2D eigenvalue weighted by Crippen LogP contribution is 2.18. The number of aliphatic imine (C=N–C) groups is 1. The molecule has 0 aromatic rings. The van der Waals surface area contributed by atoms with Gasteiger partial charge in [0.2, 0.25) is 5.84 Å². The molecule has 0 bridgehead atoms. The van der Waals surface area contributed by atoms with Gasteiger partial charge < -0.3 is 10.2 Å². The molecule has 5 nitrogen and oxygen atoms in total. The van der Waals surface area contributed by atoms with Gasteiger partial charge in [0.25, 0.3) is 0 Å². The van der Waals surface area contributed by atoms with Crippen molar-refractivity contribution >= 4 is 11.8 Å². The van der Waals surface area contributed by atoms with Gasteiger partial charge in [0.05, 0.1) is 26.1 Å². The molecule has 0 aromatic carbocycles. The van der Waals surface area contributed by atoms with Gasteiger partial charge in [-0.15, -0.1) is 0 Å². The van der Waals surface area contributed by atoms with E-state index >= 15 is 0 Å². The minimum Gasteiger partial charge on any atom is -0.481 e. The highest BCUT2D eigenvalue weighted by molar-refractivity contribution is 5.88. The number of carbonyl (C=O) groups is 1. The Kier molecular flexibility index (Phi) is 15.6. The molecule has 0 radical (unpaired) electrons. The second-order valence-electron chi connectivity index (χ2n) is 8.86. The molecule has 1 aliphatic heterocycles. The van der Waals surface area contributed by atoms with Gasteiger partial charge in [0, 0.05) is 6.08 Å². The molecule has 30 heavy (non-hydrogen) atoms. The van der Waals surface area contributed by atoms with Crippen LogP contribution in [0.25, 0.3) is 0 Å². The van der Waals surface area contributed by atoms with Crippen molar-refractivity contribution in [2.75, 3.05) is 32.8 Å². The van der Waals surface area contributed by atoms with Crippen LogP contribution < -0.4 is 0 Å². The number of carboxylic acid groups (broad SMARTS) is 1. The van der Waals surface area contributed by atoms with Gasteiger partial charge in [-0.25, -0.2) is 4.99 Å². The number of aliphatic hydroxyl groups is 1. The summed E-state index contributed by atoms with van der Waals surface area (Å²) < 4.78 is 0.512. The van der Waals surface area contributed by atoms with Crippen molar-refractivity contribution in [2.45, 2.75) is 103 Å². The summed E-state index contributed by atoms with van der Waals surface area (Å²) in [5, 5.41) is 18.5. The number of aliphatic carboxylic acids is 1. The van der Waals surface area contributed by atoms with Gasteiger partial charge >= 0.3 is 5.97 Å². The first-order valence-electron chi connectivity index (χ1n) is 12.5. The topological polar surface area (TPSA) is 69.9 Å². The summed E-state index contributed by atoms with van der Waals surface area (Å²) in [5.41, 5.74) is 0. The Balaban J connectivity index is 2.08. The lowest BCUT2D eigenvalue weighted by atomic mass is 10.0. The van der Waals surface area contributed by atoms with Crippen molar-refractivity contribution in [1.82, 2.24) is 0 Å². The Morgan fingerprint density at radius 2 is 1.50 bits per heavy atom. The third-order valence-electron chi connectivity index (χ3n) is 6.31. The quantitative estimate of drug-likeness (QED) is 0.194. The third-order valence-corrected chi connectivity index (χ3v) is 6.31. The molecule has 1 heterocycles. The fraction of sp³-hybridized carbons (Fsp3) is 0.840. The lowest BCUT2D eigenvalue weighted by molar-refractivity contribution is -0.834. The summed E-state index contributed by atoms with van der Waals surface area (Å²) in [5.74, 6) is 0.160. The molecule has 0 fully saturated rings. The molecule has 0 aliphatic carbocycles. The Hall–Kier alpha value is -1.20. The summed E-state index contributed by atoms with van der Waals surface area (Å²) >= 11 is 0. The zero-order valence-electron chi connectivity index (χ0n) is 19.5. The van der Waals surface area contributed by atoms with E-state index in [1.54, 1.807) is 0 Å².